The van der Waals surface area contributed by atoms with Crippen molar-refractivity contribution >= 4 is 0 Å². The molecule has 0 saturated heterocycles. The lowest BCUT2D eigenvalue weighted by molar-refractivity contribution is 0.352. The van der Waals surface area contributed by atoms with Crippen molar-refractivity contribution in [3.8, 4) is 5.75 Å². The summed E-state index contributed by atoms with van der Waals surface area (Å²) in [6, 6.07) is 7.88. The molecule has 1 rings (SSSR count). The molecule has 1 aromatic rings. The molecule has 0 saturated carbocycles. The van der Waals surface area contributed by atoms with Gasteiger partial charge in [0, 0.05) is 6.04 Å². The number of hydrogen-bond donors (Lipinski definition) is 2. The van der Waals surface area contributed by atoms with Crippen LogP contribution < -0.4 is 5.32 Å². The Kier molecular flexibility index (Phi) is 5.01. The Bertz CT molecular complexity index is 324. The Morgan fingerprint density at radius 2 is 1.76 bits per heavy atom. The van der Waals surface area contributed by atoms with E-state index < -0.39 is 0 Å². The number of phenols is 1. The molecule has 0 aliphatic carbocycles. The van der Waals surface area contributed by atoms with Crippen LogP contribution in [0.4, 0.5) is 0 Å². The fourth-order valence-corrected chi connectivity index (χ4v) is 1.83. The van der Waals surface area contributed by atoms with Gasteiger partial charge in [0.25, 0.3) is 0 Å². The average molecular weight is 235 g/mol. The highest BCUT2D eigenvalue weighted by Crippen LogP contribution is 2.21. The van der Waals surface area contributed by atoms with Crippen LogP contribution in [0.1, 0.15) is 52.1 Å². The van der Waals surface area contributed by atoms with Gasteiger partial charge in [0.1, 0.15) is 5.75 Å². The normalized spacial score (nSPS) is 13.6. The molecular weight excluding hydrogens is 210 g/mol. The molecule has 0 aliphatic rings. The van der Waals surface area contributed by atoms with Crippen molar-refractivity contribution in [1.29, 1.82) is 0 Å². The van der Waals surface area contributed by atoms with E-state index in [1.165, 1.54) is 12.0 Å². The quantitative estimate of drug-likeness (QED) is 0.812. The summed E-state index contributed by atoms with van der Waals surface area (Å²) in [5.74, 6) is 0.332. The topological polar surface area (TPSA) is 32.3 Å². The van der Waals surface area contributed by atoms with Crippen molar-refractivity contribution in [3.63, 3.8) is 0 Å². The molecule has 1 aromatic carbocycles. The van der Waals surface area contributed by atoms with Crippen molar-refractivity contribution < 1.29 is 5.11 Å². The van der Waals surface area contributed by atoms with Crippen LogP contribution in [0.25, 0.3) is 0 Å². The SMILES string of the molecule is CCC(NCCC(C)(C)C)c1ccc(O)cc1. The van der Waals surface area contributed by atoms with Crippen LogP contribution in [-0.2, 0) is 0 Å². The molecule has 0 heterocycles. The molecule has 2 heteroatoms. The summed E-state index contributed by atoms with van der Waals surface area (Å²) in [6.45, 7) is 9.99. The van der Waals surface area contributed by atoms with E-state index in [0.29, 0.717) is 17.2 Å². The van der Waals surface area contributed by atoms with E-state index >= 15 is 0 Å². The molecule has 96 valence electrons. The first-order valence-electron chi connectivity index (χ1n) is 6.44. The lowest BCUT2D eigenvalue weighted by atomic mass is 9.92. The van der Waals surface area contributed by atoms with Gasteiger partial charge in [-0.3, -0.25) is 0 Å². The second-order valence-corrected chi connectivity index (χ2v) is 5.82. The number of benzene rings is 1. The monoisotopic (exact) mass is 235 g/mol. The van der Waals surface area contributed by atoms with Crippen LogP contribution in [0.5, 0.6) is 5.75 Å². The van der Waals surface area contributed by atoms with E-state index in [2.05, 4.69) is 33.0 Å². The average Bonchev–Trinajstić information content (AvgIpc) is 2.24. The summed E-state index contributed by atoms with van der Waals surface area (Å²) in [7, 11) is 0. The third-order valence-electron chi connectivity index (χ3n) is 2.97. The van der Waals surface area contributed by atoms with Crippen LogP contribution in [-0.4, -0.2) is 11.7 Å². The molecule has 2 N–H and O–H groups in total. The number of hydrogen-bond acceptors (Lipinski definition) is 2. The van der Waals surface area contributed by atoms with Gasteiger partial charge in [-0.05, 0) is 42.5 Å². The van der Waals surface area contributed by atoms with Crippen molar-refractivity contribution in [2.45, 2.75) is 46.6 Å². The predicted octanol–water partition coefficient (Wildman–Crippen LogP) is 3.87. The summed E-state index contributed by atoms with van der Waals surface area (Å²) < 4.78 is 0. The van der Waals surface area contributed by atoms with Gasteiger partial charge in [0.15, 0.2) is 0 Å². The van der Waals surface area contributed by atoms with Crippen molar-refractivity contribution in [2.75, 3.05) is 6.54 Å². The van der Waals surface area contributed by atoms with E-state index in [1.54, 1.807) is 12.1 Å². The third-order valence-corrected chi connectivity index (χ3v) is 2.97. The first-order valence-corrected chi connectivity index (χ1v) is 6.44. The first-order chi connectivity index (χ1) is 7.92. The van der Waals surface area contributed by atoms with Gasteiger partial charge in [0.05, 0.1) is 0 Å². The zero-order valence-electron chi connectivity index (χ0n) is 11.5. The molecule has 1 unspecified atom stereocenters. The van der Waals surface area contributed by atoms with Crippen molar-refractivity contribution in [1.82, 2.24) is 5.32 Å². The molecule has 17 heavy (non-hydrogen) atoms. The zero-order chi connectivity index (χ0) is 12.9. The zero-order valence-corrected chi connectivity index (χ0v) is 11.5. The summed E-state index contributed by atoms with van der Waals surface area (Å²) in [4.78, 5) is 0. The number of rotatable bonds is 5. The maximum absolute atomic E-state index is 9.27. The highest BCUT2D eigenvalue weighted by Gasteiger charge is 2.12. The van der Waals surface area contributed by atoms with Gasteiger partial charge in [-0.2, -0.15) is 0 Å². The van der Waals surface area contributed by atoms with E-state index in [-0.39, 0.29) is 0 Å². The number of aromatic hydroxyl groups is 1. The van der Waals surface area contributed by atoms with Crippen LogP contribution in [0, 0.1) is 5.41 Å². The molecule has 0 amide bonds. The van der Waals surface area contributed by atoms with E-state index in [9.17, 15) is 5.11 Å². The van der Waals surface area contributed by atoms with Gasteiger partial charge >= 0.3 is 0 Å². The largest absolute Gasteiger partial charge is 0.508 e. The Hall–Kier alpha value is -1.02. The molecule has 0 spiro atoms. The molecule has 0 aliphatic heterocycles. The van der Waals surface area contributed by atoms with Gasteiger partial charge in [-0.25, -0.2) is 0 Å². The van der Waals surface area contributed by atoms with Gasteiger partial charge < -0.3 is 10.4 Å². The van der Waals surface area contributed by atoms with Gasteiger partial charge in [-0.15, -0.1) is 0 Å². The van der Waals surface area contributed by atoms with Gasteiger partial charge in [-0.1, -0.05) is 39.8 Å². The summed E-state index contributed by atoms with van der Waals surface area (Å²) in [6.07, 6.45) is 2.23. The number of phenolic OH excluding ortho intramolecular Hbond substituents is 1. The van der Waals surface area contributed by atoms with Crippen LogP contribution >= 0.6 is 0 Å². The highest BCUT2D eigenvalue weighted by molar-refractivity contribution is 5.27. The summed E-state index contributed by atoms with van der Waals surface area (Å²) in [5, 5.41) is 12.9. The summed E-state index contributed by atoms with van der Waals surface area (Å²) in [5.41, 5.74) is 1.62. The minimum Gasteiger partial charge on any atom is -0.508 e. The minimum atomic E-state index is 0.332. The lowest BCUT2D eigenvalue weighted by Gasteiger charge is -2.22. The highest BCUT2D eigenvalue weighted by atomic mass is 16.3. The van der Waals surface area contributed by atoms with Crippen LogP contribution in [0.2, 0.25) is 0 Å². The third kappa shape index (κ3) is 5.22. The standard InChI is InChI=1S/C15H25NO/c1-5-14(16-11-10-15(2,3)4)12-6-8-13(17)9-7-12/h6-9,14,16-17H,5,10-11H2,1-4H3. The molecule has 0 radical (unpaired) electrons. The molecule has 0 bridgehead atoms. The smallest absolute Gasteiger partial charge is 0.115 e. The van der Waals surface area contributed by atoms with Crippen molar-refractivity contribution in [2.24, 2.45) is 5.41 Å². The Labute approximate surface area is 105 Å². The van der Waals surface area contributed by atoms with Crippen LogP contribution in [0.3, 0.4) is 0 Å². The Balaban J connectivity index is 2.51. The van der Waals surface area contributed by atoms with E-state index in [4.69, 9.17) is 0 Å². The minimum absolute atomic E-state index is 0.332. The Morgan fingerprint density at radius 1 is 1.18 bits per heavy atom. The van der Waals surface area contributed by atoms with E-state index in [1.807, 2.05) is 12.1 Å². The molecule has 2 nitrogen and oxygen atoms in total. The first kappa shape index (κ1) is 14.0. The van der Waals surface area contributed by atoms with Crippen molar-refractivity contribution in [3.05, 3.63) is 29.8 Å². The fourth-order valence-electron chi connectivity index (χ4n) is 1.83. The molecule has 0 aromatic heterocycles. The van der Waals surface area contributed by atoms with Gasteiger partial charge in [0.2, 0.25) is 0 Å². The maximum Gasteiger partial charge on any atom is 0.115 e. The molecule has 0 fully saturated rings. The summed E-state index contributed by atoms with van der Waals surface area (Å²) >= 11 is 0. The molecular formula is C15H25NO. The fraction of sp³-hybridized carbons (Fsp3) is 0.600. The molecule has 1 atom stereocenters. The second kappa shape index (κ2) is 6.06. The second-order valence-electron chi connectivity index (χ2n) is 5.82. The maximum atomic E-state index is 9.27. The predicted molar refractivity (Wildman–Crippen MR) is 73.2 cm³/mol. The van der Waals surface area contributed by atoms with Crippen LogP contribution in [0.15, 0.2) is 24.3 Å². The lowest BCUT2D eigenvalue weighted by Crippen LogP contribution is -2.25. The number of nitrogens with one attached hydrogen (secondary N) is 1. The Morgan fingerprint density at radius 3 is 2.24 bits per heavy atom. The van der Waals surface area contributed by atoms with E-state index in [0.717, 1.165) is 13.0 Å².